The number of aliphatic hydroxyl groups excluding tert-OH is 1. The predicted octanol–water partition coefficient (Wildman–Crippen LogP) is 2.05. The molecule has 0 saturated heterocycles. The molecule has 0 spiro atoms. The second-order valence-corrected chi connectivity index (χ2v) is 5.10. The summed E-state index contributed by atoms with van der Waals surface area (Å²) < 4.78 is 0. The number of aryl methyl sites for hydroxylation is 2. The molecule has 2 atom stereocenters. The number of nitrogens with one attached hydrogen (secondary N) is 2. The van der Waals surface area contributed by atoms with Crippen LogP contribution in [0, 0.1) is 26.2 Å². The standard InChI is InChI=1S/C16H22N2O2/c1-5-6-13(4)18-16(20)17-10-15(19)14-8-11(2)7-12(3)9-14/h1,7-9,13,15,19H,6,10H2,2-4H3,(H2,17,18,20)/t13-,15-/m0/s1. The van der Waals surface area contributed by atoms with Crippen molar-refractivity contribution >= 4 is 6.03 Å². The Bertz CT molecular complexity index is 485. The summed E-state index contributed by atoms with van der Waals surface area (Å²) in [6.07, 6.45) is 4.93. The maximum Gasteiger partial charge on any atom is 0.315 e. The van der Waals surface area contributed by atoms with Crippen molar-refractivity contribution in [3.63, 3.8) is 0 Å². The van der Waals surface area contributed by atoms with Crippen molar-refractivity contribution in [2.24, 2.45) is 0 Å². The molecule has 0 heterocycles. The van der Waals surface area contributed by atoms with E-state index in [1.165, 1.54) is 0 Å². The summed E-state index contributed by atoms with van der Waals surface area (Å²) >= 11 is 0. The highest BCUT2D eigenvalue weighted by atomic mass is 16.3. The van der Waals surface area contributed by atoms with E-state index in [2.05, 4.69) is 16.6 Å². The zero-order valence-corrected chi connectivity index (χ0v) is 12.2. The van der Waals surface area contributed by atoms with Crippen LogP contribution < -0.4 is 10.6 Å². The minimum atomic E-state index is -0.720. The smallest absolute Gasteiger partial charge is 0.315 e. The zero-order valence-electron chi connectivity index (χ0n) is 12.2. The van der Waals surface area contributed by atoms with Gasteiger partial charge < -0.3 is 15.7 Å². The van der Waals surface area contributed by atoms with Crippen molar-refractivity contribution in [1.29, 1.82) is 0 Å². The lowest BCUT2D eigenvalue weighted by molar-refractivity contribution is 0.172. The van der Waals surface area contributed by atoms with Crippen LogP contribution in [0.1, 0.15) is 36.1 Å². The first-order valence-electron chi connectivity index (χ1n) is 6.66. The molecule has 20 heavy (non-hydrogen) atoms. The van der Waals surface area contributed by atoms with Crippen molar-refractivity contribution in [2.45, 2.75) is 39.3 Å². The molecule has 0 fully saturated rings. The Labute approximate surface area is 120 Å². The molecule has 4 nitrogen and oxygen atoms in total. The Balaban J connectivity index is 2.49. The summed E-state index contributed by atoms with van der Waals surface area (Å²) in [6, 6.07) is 5.46. The van der Waals surface area contributed by atoms with E-state index in [0.717, 1.165) is 16.7 Å². The topological polar surface area (TPSA) is 61.4 Å². The number of hydrogen-bond acceptors (Lipinski definition) is 2. The number of amides is 2. The number of carbonyl (C=O) groups excluding carboxylic acids is 1. The van der Waals surface area contributed by atoms with Crippen LogP contribution in [0.2, 0.25) is 0 Å². The fourth-order valence-electron chi connectivity index (χ4n) is 2.01. The van der Waals surface area contributed by atoms with Gasteiger partial charge in [0, 0.05) is 19.0 Å². The lowest BCUT2D eigenvalue weighted by Crippen LogP contribution is -2.42. The predicted molar refractivity (Wildman–Crippen MR) is 80.3 cm³/mol. The van der Waals surface area contributed by atoms with Gasteiger partial charge in [-0.2, -0.15) is 0 Å². The van der Waals surface area contributed by atoms with Gasteiger partial charge in [0.2, 0.25) is 0 Å². The van der Waals surface area contributed by atoms with E-state index in [1.54, 1.807) is 0 Å². The van der Waals surface area contributed by atoms with E-state index >= 15 is 0 Å². The minimum absolute atomic E-state index is 0.0849. The lowest BCUT2D eigenvalue weighted by Gasteiger charge is -2.16. The van der Waals surface area contributed by atoms with Crippen LogP contribution in [-0.2, 0) is 0 Å². The third kappa shape index (κ3) is 5.33. The molecule has 1 rings (SSSR count). The number of aliphatic hydroxyl groups is 1. The number of benzene rings is 1. The Morgan fingerprint density at radius 2 is 1.95 bits per heavy atom. The Morgan fingerprint density at radius 3 is 2.50 bits per heavy atom. The summed E-state index contributed by atoms with van der Waals surface area (Å²) in [6.45, 7) is 5.95. The SMILES string of the molecule is C#CC[C@H](C)NC(=O)NC[C@H](O)c1cc(C)cc(C)c1. The van der Waals surface area contributed by atoms with E-state index in [0.29, 0.717) is 6.42 Å². The van der Waals surface area contributed by atoms with Gasteiger partial charge in [-0.3, -0.25) is 0 Å². The molecule has 108 valence electrons. The van der Waals surface area contributed by atoms with Crippen molar-refractivity contribution in [2.75, 3.05) is 6.54 Å². The summed E-state index contributed by atoms with van der Waals surface area (Å²) in [5, 5.41) is 15.4. The molecule has 3 N–H and O–H groups in total. The first-order valence-corrected chi connectivity index (χ1v) is 6.66. The number of hydrogen-bond donors (Lipinski definition) is 3. The fraction of sp³-hybridized carbons (Fsp3) is 0.438. The zero-order chi connectivity index (χ0) is 15.1. The molecule has 0 aliphatic heterocycles. The second kappa shape index (κ2) is 7.56. The van der Waals surface area contributed by atoms with Gasteiger partial charge in [-0.05, 0) is 26.3 Å². The third-order valence-corrected chi connectivity index (χ3v) is 2.89. The molecule has 0 radical (unpaired) electrons. The number of terminal acetylenes is 1. The summed E-state index contributed by atoms with van der Waals surface area (Å²) in [7, 11) is 0. The molecule has 0 saturated carbocycles. The molecule has 4 heteroatoms. The van der Waals surface area contributed by atoms with Crippen LogP contribution in [-0.4, -0.2) is 23.7 Å². The molecular weight excluding hydrogens is 252 g/mol. The highest BCUT2D eigenvalue weighted by molar-refractivity contribution is 5.74. The average Bonchev–Trinajstić information content (AvgIpc) is 2.35. The molecular formula is C16H22N2O2. The highest BCUT2D eigenvalue weighted by Crippen LogP contribution is 2.16. The van der Waals surface area contributed by atoms with Crippen LogP contribution in [0.15, 0.2) is 18.2 Å². The quantitative estimate of drug-likeness (QED) is 0.720. The van der Waals surface area contributed by atoms with E-state index in [9.17, 15) is 9.90 Å². The molecule has 0 aromatic heterocycles. The van der Waals surface area contributed by atoms with E-state index in [-0.39, 0.29) is 18.6 Å². The van der Waals surface area contributed by atoms with Gasteiger partial charge in [-0.25, -0.2) is 4.79 Å². The normalized spacial score (nSPS) is 13.2. The van der Waals surface area contributed by atoms with Crippen molar-refractivity contribution < 1.29 is 9.90 Å². The molecule has 0 unspecified atom stereocenters. The first kappa shape index (κ1) is 16.1. The highest BCUT2D eigenvalue weighted by Gasteiger charge is 2.11. The van der Waals surface area contributed by atoms with Gasteiger partial charge in [0.1, 0.15) is 0 Å². The molecule has 1 aromatic carbocycles. The van der Waals surface area contributed by atoms with Crippen LogP contribution >= 0.6 is 0 Å². The Morgan fingerprint density at radius 1 is 1.35 bits per heavy atom. The molecule has 0 bridgehead atoms. The maximum absolute atomic E-state index is 11.6. The van der Waals surface area contributed by atoms with Crippen LogP contribution in [0.25, 0.3) is 0 Å². The third-order valence-electron chi connectivity index (χ3n) is 2.89. The van der Waals surface area contributed by atoms with E-state index in [4.69, 9.17) is 6.42 Å². The van der Waals surface area contributed by atoms with Crippen molar-refractivity contribution in [3.8, 4) is 12.3 Å². The average molecular weight is 274 g/mol. The number of urea groups is 1. The van der Waals surface area contributed by atoms with Crippen LogP contribution in [0.5, 0.6) is 0 Å². The van der Waals surface area contributed by atoms with E-state index < -0.39 is 6.10 Å². The van der Waals surface area contributed by atoms with Gasteiger partial charge >= 0.3 is 6.03 Å². The molecule has 0 aliphatic carbocycles. The first-order chi connectivity index (χ1) is 9.42. The molecule has 0 aliphatic rings. The van der Waals surface area contributed by atoms with Gasteiger partial charge in [0.05, 0.1) is 6.10 Å². The summed E-state index contributed by atoms with van der Waals surface area (Å²) in [5.74, 6) is 2.48. The number of rotatable bonds is 5. The Kier molecular flexibility index (Phi) is 6.08. The lowest BCUT2D eigenvalue weighted by atomic mass is 10.0. The number of carbonyl (C=O) groups is 1. The van der Waals surface area contributed by atoms with Crippen molar-refractivity contribution in [3.05, 3.63) is 34.9 Å². The maximum atomic E-state index is 11.6. The second-order valence-electron chi connectivity index (χ2n) is 5.10. The van der Waals surface area contributed by atoms with Crippen molar-refractivity contribution in [1.82, 2.24) is 10.6 Å². The molecule has 2 amide bonds. The fourth-order valence-corrected chi connectivity index (χ4v) is 2.01. The molecule has 1 aromatic rings. The summed E-state index contributed by atoms with van der Waals surface area (Å²) in [4.78, 5) is 11.6. The van der Waals surface area contributed by atoms with Gasteiger partial charge in [0.25, 0.3) is 0 Å². The summed E-state index contributed by atoms with van der Waals surface area (Å²) in [5.41, 5.74) is 2.98. The van der Waals surface area contributed by atoms with Gasteiger partial charge in [-0.15, -0.1) is 12.3 Å². The minimum Gasteiger partial charge on any atom is -0.387 e. The monoisotopic (exact) mass is 274 g/mol. The largest absolute Gasteiger partial charge is 0.387 e. The van der Waals surface area contributed by atoms with Gasteiger partial charge in [0.15, 0.2) is 0 Å². The van der Waals surface area contributed by atoms with Crippen LogP contribution in [0.3, 0.4) is 0 Å². The van der Waals surface area contributed by atoms with Gasteiger partial charge in [-0.1, -0.05) is 29.3 Å². The van der Waals surface area contributed by atoms with Crippen LogP contribution in [0.4, 0.5) is 4.79 Å². The van der Waals surface area contributed by atoms with E-state index in [1.807, 2.05) is 39.0 Å². The Hall–Kier alpha value is -1.99.